The maximum Gasteiger partial charge on any atom is 0.192 e. The molecular weight excluding hydrogens is 280 g/mol. The minimum atomic E-state index is 0.238. The lowest BCUT2D eigenvalue weighted by atomic mass is 10.3. The zero-order chi connectivity index (χ0) is 13.9. The lowest BCUT2D eigenvalue weighted by molar-refractivity contribution is 0.290. The number of halogens is 1. The monoisotopic (exact) mass is 290 g/mol. The van der Waals surface area contributed by atoms with Crippen LogP contribution in [0.3, 0.4) is 0 Å². The normalized spacial score (nSPS) is 10.7. The van der Waals surface area contributed by atoms with Gasteiger partial charge in [0.15, 0.2) is 11.5 Å². The summed E-state index contributed by atoms with van der Waals surface area (Å²) in [5.74, 6) is 1.99. The molecule has 0 unspecified atom stereocenters. The Morgan fingerprint density at radius 3 is 2.85 bits per heavy atom. The van der Waals surface area contributed by atoms with E-state index in [2.05, 4.69) is 15.3 Å². The van der Waals surface area contributed by atoms with Gasteiger partial charge in [0.2, 0.25) is 0 Å². The SMILES string of the molecule is COc1cccc(OCc2nnc3ccc(Cl)nn23)c1. The van der Waals surface area contributed by atoms with Crippen LogP contribution in [-0.4, -0.2) is 26.9 Å². The van der Waals surface area contributed by atoms with Gasteiger partial charge in [-0.1, -0.05) is 17.7 Å². The van der Waals surface area contributed by atoms with E-state index in [1.54, 1.807) is 29.8 Å². The Morgan fingerprint density at radius 2 is 2.00 bits per heavy atom. The van der Waals surface area contributed by atoms with Gasteiger partial charge in [-0.2, -0.15) is 9.61 Å². The van der Waals surface area contributed by atoms with E-state index in [4.69, 9.17) is 21.1 Å². The lowest BCUT2D eigenvalue weighted by Gasteiger charge is -2.06. The van der Waals surface area contributed by atoms with Crippen LogP contribution in [-0.2, 0) is 6.61 Å². The van der Waals surface area contributed by atoms with E-state index in [1.165, 1.54) is 0 Å². The first-order valence-electron chi connectivity index (χ1n) is 5.90. The summed E-state index contributed by atoms with van der Waals surface area (Å²) < 4.78 is 12.3. The van der Waals surface area contributed by atoms with Gasteiger partial charge in [-0.15, -0.1) is 10.2 Å². The number of ether oxygens (including phenoxy) is 2. The summed E-state index contributed by atoms with van der Waals surface area (Å²) in [7, 11) is 1.61. The van der Waals surface area contributed by atoms with E-state index in [0.29, 0.717) is 22.4 Å². The summed E-state index contributed by atoms with van der Waals surface area (Å²) in [6, 6.07) is 10.7. The van der Waals surface area contributed by atoms with Crippen molar-refractivity contribution in [2.75, 3.05) is 7.11 Å². The molecule has 3 aromatic rings. The summed E-state index contributed by atoms with van der Waals surface area (Å²) in [6.07, 6.45) is 0. The zero-order valence-corrected chi connectivity index (χ0v) is 11.4. The van der Waals surface area contributed by atoms with Crippen molar-refractivity contribution >= 4 is 17.2 Å². The fourth-order valence-electron chi connectivity index (χ4n) is 1.74. The van der Waals surface area contributed by atoms with Gasteiger partial charge in [-0.05, 0) is 24.3 Å². The van der Waals surface area contributed by atoms with Crippen LogP contribution in [0.5, 0.6) is 11.5 Å². The number of nitrogens with zero attached hydrogens (tertiary/aromatic N) is 4. The molecule has 0 atom stereocenters. The number of rotatable bonds is 4. The van der Waals surface area contributed by atoms with Crippen LogP contribution in [0.25, 0.3) is 5.65 Å². The van der Waals surface area contributed by atoms with Crippen LogP contribution in [0.4, 0.5) is 0 Å². The topological polar surface area (TPSA) is 61.5 Å². The van der Waals surface area contributed by atoms with Crippen LogP contribution in [0.1, 0.15) is 5.82 Å². The Hall–Kier alpha value is -2.34. The molecule has 0 fully saturated rings. The molecule has 102 valence electrons. The number of hydrogen-bond acceptors (Lipinski definition) is 5. The van der Waals surface area contributed by atoms with Gasteiger partial charge in [0, 0.05) is 6.07 Å². The molecule has 0 aliphatic carbocycles. The molecule has 0 saturated heterocycles. The van der Waals surface area contributed by atoms with E-state index in [-0.39, 0.29) is 6.61 Å². The van der Waals surface area contributed by atoms with Crippen molar-refractivity contribution in [3.05, 3.63) is 47.4 Å². The third kappa shape index (κ3) is 2.50. The first-order valence-corrected chi connectivity index (χ1v) is 6.28. The molecule has 0 N–H and O–H groups in total. The molecule has 3 rings (SSSR count). The van der Waals surface area contributed by atoms with Gasteiger partial charge in [-0.25, -0.2) is 0 Å². The first-order chi connectivity index (χ1) is 9.76. The number of hydrogen-bond donors (Lipinski definition) is 0. The molecule has 0 radical (unpaired) electrons. The van der Waals surface area contributed by atoms with Crippen LogP contribution in [0, 0.1) is 0 Å². The van der Waals surface area contributed by atoms with Crippen LogP contribution >= 0.6 is 11.6 Å². The maximum absolute atomic E-state index is 5.86. The molecule has 0 aliphatic heterocycles. The van der Waals surface area contributed by atoms with Gasteiger partial charge in [0.1, 0.15) is 23.3 Å². The number of methoxy groups -OCH3 is 1. The van der Waals surface area contributed by atoms with Gasteiger partial charge in [-0.3, -0.25) is 0 Å². The van der Waals surface area contributed by atoms with Crippen molar-refractivity contribution in [1.29, 1.82) is 0 Å². The minimum absolute atomic E-state index is 0.238. The average molecular weight is 291 g/mol. The molecule has 0 bridgehead atoms. The lowest BCUT2D eigenvalue weighted by Crippen LogP contribution is -2.03. The summed E-state index contributed by atoms with van der Waals surface area (Å²) in [4.78, 5) is 0. The fraction of sp³-hybridized carbons (Fsp3) is 0.154. The highest BCUT2D eigenvalue weighted by Crippen LogP contribution is 2.19. The standard InChI is InChI=1S/C13H11ClN4O2/c1-19-9-3-2-4-10(7-9)20-8-13-16-15-12-6-5-11(14)17-18(12)13/h2-7H,8H2,1H3. The Kier molecular flexibility index (Phi) is 3.39. The van der Waals surface area contributed by atoms with Crippen LogP contribution in [0.2, 0.25) is 5.15 Å². The molecule has 0 saturated carbocycles. The highest BCUT2D eigenvalue weighted by molar-refractivity contribution is 6.29. The Bertz CT molecular complexity index is 744. The second-order valence-electron chi connectivity index (χ2n) is 4.01. The Balaban J connectivity index is 1.81. The van der Waals surface area contributed by atoms with Crippen LogP contribution in [0.15, 0.2) is 36.4 Å². The highest BCUT2D eigenvalue weighted by atomic mass is 35.5. The summed E-state index contributed by atoms with van der Waals surface area (Å²) in [5, 5.41) is 12.5. The third-order valence-electron chi connectivity index (χ3n) is 2.70. The number of benzene rings is 1. The highest BCUT2D eigenvalue weighted by Gasteiger charge is 2.08. The number of aromatic nitrogens is 4. The molecular formula is C13H11ClN4O2. The van der Waals surface area contributed by atoms with Gasteiger partial charge >= 0.3 is 0 Å². The average Bonchev–Trinajstić information content (AvgIpc) is 2.87. The van der Waals surface area contributed by atoms with Crippen molar-refractivity contribution < 1.29 is 9.47 Å². The predicted octanol–water partition coefficient (Wildman–Crippen LogP) is 2.37. The van der Waals surface area contributed by atoms with E-state index >= 15 is 0 Å². The van der Waals surface area contributed by atoms with Gasteiger partial charge < -0.3 is 9.47 Å². The zero-order valence-electron chi connectivity index (χ0n) is 10.7. The molecule has 0 spiro atoms. The quantitative estimate of drug-likeness (QED) is 0.738. The molecule has 6 nitrogen and oxygen atoms in total. The van der Waals surface area contributed by atoms with E-state index in [9.17, 15) is 0 Å². The minimum Gasteiger partial charge on any atom is -0.497 e. The molecule has 2 aromatic heterocycles. The van der Waals surface area contributed by atoms with Crippen molar-refractivity contribution in [3.8, 4) is 11.5 Å². The summed E-state index contributed by atoms with van der Waals surface area (Å²) >= 11 is 5.86. The molecule has 1 aromatic carbocycles. The molecule has 2 heterocycles. The Morgan fingerprint density at radius 1 is 1.15 bits per heavy atom. The predicted molar refractivity (Wildman–Crippen MR) is 73.1 cm³/mol. The van der Waals surface area contributed by atoms with Gasteiger partial charge in [0.05, 0.1) is 7.11 Å². The smallest absolute Gasteiger partial charge is 0.192 e. The maximum atomic E-state index is 5.86. The molecule has 7 heteroatoms. The van der Waals surface area contributed by atoms with Crippen molar-refractivity contribution in [1.82, 2.24) is 19.8 Å². The van der Waals surface area contributed by atoms with E-state index < -0.39 is 0 Å². The summed E-state index contributed by atoms with van der Waals surface area (Å²) in [6.45, 7) is 0.238. The summed E-state index contributed by atoms with van der Waals surface area (Å²) in [5.41, 5.74) is 0.624. The van der Waals surface area contributed by atoms with E-state index in [1.807, 2.05) is 18.2 Å². The fourth-order valence-corrected chi connectivity index (χ4v) is 1.88. The molecule has 0 amide bonds. The van der Waals surface area contributed by atoms with E-state index in [0.717, 1.165) is 5.75 Å². The third-order valence-corrected chi connectivity index (χ3v) is 2.91. The second-order valence-corrected chi connectivity index (χ2v) is 4.40. The molecule has 20 heavy (non-hydrogen) atoms. The number of fused-ring (bicyclic) bond motifs is 1. The largest absolute Gasteiger partial charge is 0.497 e. The second kappa shape index (κ2) is 5.34. The molecule has 0 aliphatic rings. The van der Waals surface area contributed by atoms with Crippen LogP contribution < -0.4 is 9.47 Å². The first kappa shape index (κ1) is 12.7. The van der Waals surface area contributed by atoms with Crippen molar-refractivity contribution in [3.63, 3.8) is 0 Å². The van der Waals surface area contributed by atoms with Crippen molar-refractivity contribution in [2.24, 2.45) is 0 Å². The van der Waals surface area contributed by atoms with Crippen molar-refractivity contribution in [2.45, 2.75) is 6.61 Å². The van der Waals surface area contributed by atoms with Gasteiger partial charge in [0.25, 0.3) is 0 Å². The Labute approximate surface area is 119 Å².